The summed E-state index contributed by atoms with van der Waals surface area (Å²) in [6, 6.07) is 2.15. The molecule has 0 spiro atoms. The molecule has 8 nitrogen and oxygen atoms in total. The highest BCUT2D eigenvalue weighted by molar-refractivity contribution is 6.30. The lowest BCUT2D eigenvalue weighted by Gasteiger charge is -2.19. The van der Waals surface area contributed by atoms with E-state index in [1.165, 1.54) is 29.4 Å². The fraction of sp³-hybridized carbons (Fsp3) is 0.263. The Hall–Kier alpha value is -3.34. The molecule has 0 radical (unpaired) electrons. The van der Waals surface area contributed by atoms with Gasteiger partial charge in [0.2, 0.25) is 5.95 Å². The van der Waals surface area contributed by atoms with Gasteiger partial charge in [-0.05, 0) is 19.1 Å². The molecule has 12 heteroatoms. The number of hydrogen-bond donors (Lipinski definition) is 1. The summed E-state index contributed by atoms with van der Waals surface area (Å²) in [5.74, 6) is -1.09. The first-order valence-corrected chi connectivity index (χ1v) is 9.55. The summed E-state index contributed by atoms with van der Waals surface area (Å²) in [6.45, 7) is 0.933. The minimum absolute atomic E-state index is 0.0455. The van der Waals surface area contributed by atoms with Gasteiger partial charge in [-0.1, -0.05) is 11.6 Å². The lowest BCUT2D eigenvalue weighted by atomic mass is 10.2. The molecule has 1 unspecified atom stereocenters. The Labute approximate surface area is 179 Å². The summed E-state index contributed by atoms with van der Waals surface area (Å²) in [6.07, 6.45) is 3.59. The summed E-state index contributed by atoms with van der Waals surface area (Å²) in [5, 5.41) is 2.70. The second-order valence-corrected chi connectivity index (χ2v) is 7.19. The molecule has 1 N–H and O–H groups in total. The van der Waals surface area contributed by atoms with Crippen LogP contribution in [0.2, 0.25) is 5.02 Å². The minimum Gasteiger partial charge on any atom is -0.447 e. The zero-order chi connectivity index (χ0) is 22.1. The van der Waals surface area contributed by atoms with Crippen molar-refractivity contribution < 1.29 is 22.7 Å². The summed E-state index contributed by atoms with van der Waals surface area (Å²) in [4.78, 5) is 25.6. The molecule has 1 aromatic carbocycles. The maximum atomic E-state index is 14.2. The third-order valence-electron chi connectivity index (χ3n) is 4.69. The molecule has 1 amide bonds. The minimum atomic E-state index is -0.770. The van der Waals surface area contributed by atoms with Gasteiger partial charge in [-0.3, -0.25) is 4.90 Å². The van der Waals surface area contributed by atoms with Crippen molar-refractivity contribution in [3.05, 3.63) is 59.3 Å². The van der Waals surface area contributed by atoms with E-state index in [0.29, 0.717) is 5.69 Å². The number of aromatic nitrogens is 4. The highest BCUT2D eigenvalue weighted by Gasteiger charge is 2.35. The largest absolute Gasteiger partial charge is 0.447 e. The predicted molar refractivity (Wildman–Crippen MR) is 106 cm³/mol. The van der Waals surface area contributed by atoms with Crippen LogP contribution in [0.4, 0.5) is 29.7 Å². The average molecular weight is 453 g/mol. The predicted octanol–water partition coefficient (Wildman–Crippen LogP) is 4.06. The summed E-state index contributed by atoms with van der Waals surface area (Å²) >= 11 is 5.59. The molecule has 0 aliphatic carbocycles. The number of benzene rings is 1. The topological polar surface area (TPSA) is 85.2 Å². The average Bonchev–Trinajstić information content (AvgIpc) is 3.37. The zero-order valence-electron chi connectivity index (χ0n) is 16.1. The number of cyclic esters (lactones) is 1. The van der Waals surface area contributed by atoms with E-state index in [9.17, 15) is 18.0 Å². The summed E-state index contributed by atoms with van der Waals surface area (Å²) in [7, 11) is 0. The third-order valence-corrected chi connectivity index (χ3v) is 4.98. The molecular weight excluding hydrogens is 437 g/mol. The van der Waals surface area contributed by atoms with Crippen LogP contribution < -0.4 is 10.2 Å². The van der Waals surface area contributed by atoms with Crippen LogP contribution in [0.1, 0.15) is 18.7 Å². The Morgan fingerprint density at radius 3 is 2.90 bits per heavy atom. The van der Waals surface area contributed by atoms with E-state index in [0.717, 1.165) is 17.0 Å². The van der Waals surface area contributed by atoms with E-state index in [2.05, 4.69) is 20.3 Å². The van der Waals surface area contributed by atoms with Crippen LogP contribution in [0.3, 0.4) is 0 Å². The maximum absolute atomic E-state index is 14.2. The Bertz CT molecular complexity index is 1130. The van der Waals surface area contributed by atoms with Crippen molar-refractivity contribution in [3.63, 3.8) is 0 Å². The molecule has 1 aliphatic rings. The highest BCUT2D eigenvalue weighted by atomic mass is 35.5. The number of carbonyl (C=O) groups excluding carboxylic acids is 1. The second kappa shape index (κ2) is 8.42. The second-order valence-electron chi connectivity index (χ2n) is 6.78. The summed E-state index contributed by atoms with van der Waals surface area (Å²) < 4.78 is 47.2. The Kier molecular flexibility index (Phi) is 5.68. The molecule has 0 saturated carbocycles. The van der Waals surface area contributed by atoms with Crippen LogP contribution in [0, 0.1) is 11.6 Å². The molecule has 31 heavy (non-hydrogen) atoms. The molecule has 1 aliphatic heterocycles. The number of nitrogens with one attached hydrogen (secondary N) is 1. The van der Waals surface area contributed by atoms with Gasteiger partial charge >= 0.3 is 6.09 Å². The number of rotatable bonds is 6. The number of alkyl halides is 1. The maximum Gasteiger partial charge on any atom is 0.416 e. The molecule has 1 saturated heterocycles. The Balaban J connectivity index is 1.53. The van der Waals surface area contributed by atoms with Crippen LogP contribution >= 0.6 is 11.6 Å². The smallest absolute Gasteiger partial charge is 0.416 e. The van der Waals surface area contributed by atoms with Crippen molar-refractivity contribution >= 4 is 29.5 Å². The molecule has 2 atom stereocenters. The Morgan fingerprint density at radius 2 is 2.13 bits per heavy atom. The molecule has 3 heterocycles. The SMILES string of the molecule is C[C@H](Nc1nccc(N2C(=O)OCC2CF)n1)c1cn(-c2cc(F)c(Cl)cc2F)cn1. The Morgan fingerprint density at radius 1 is 1.32 bits per heavy atom. The zero-order valence-corrected chi connectivity index (χ0v) is 16.9. The molecule has 4 rings (SSSR count). The number of carbonyl (C=O) groups is 1. The van der Waals surface area contributed by atoms with E-state index in [1.54, 1.807) is 6.92 Å². The number of amides is 1. The first kappa shape index (κ1) is 20.9. The van der Waals surface area contributed by atoms with Gasteiger partial charge in [0.05, 0.1) is 28.8 Å². The highest BCUT2D eigenvalue weighted by Crippen LogP contribution is 2.25. The van der Waals surface area contributed by atoms with E-state index >= 15 is 0 Å². The van der Waals surface area contributed by atoms with Crippen molar-refractivity contribution in [2.24, 2.45) is 0 Å². The molecule has 1 fully saturated rings. The number of hydrogen-bond acceptors (Lipinski definition) is 6. The van der Waals surface area contributed by atoms with Crippen molar-refractivity contribution in [2.45, 2.75) is 19.0 Å². The molecule has 0 bridgehead atoms. The van der Waals surface area contributed by atoms with Crippen LogP contribution in [0.5, 0.6) is 0 Å². The van der Waals surface area contributed by atoms with E-state index in [4.69, 9.17) is 16.3 Å². The third kappa shape index (κ3) is 4.13. The van der Waals surface area contributed by atoms with E-state index in [1.807, 2.05) is 0 Å². The van der Waals surface area contributed by atoms with Gasteiger partial charge in [0.25, 0.3) is 0 Å². The van der Waals surface area contributed by atoms with Crippen molar-refractivity contribution in [1.29, 1.82) is 0 Å². The fourth-order valence-electron chi connectivity index (χ4n) is 3.08. The molecular formula is C19H16ClF3N6O2. The molecule has 162 valence electrons. The van der Waals surface area contributed by atoms with E-state index in [-0.39, 0.29) is 29.1 Å². The lowest BCUT2D eigenvalue weighted by molar-refractivity contribution is 0.177. The van der Waals surface area contributed by atoms with E-state index < -0.39 is 36.5 Å². The van der Waals surface area contributed by atoms with Gasteiger partial charge in [-0.2, -0.15) is 4.98 Å². The van der Waals surface area contributed by atoms with Crippen molar-refractivity contribution in [1.82, 2.24) is 19.5 Å². The first-order valence-electron chi connectivity index (χ1n) is 9.17. The quantitative estimate of drug-likeness (QED) is 0.568. The number of nitrogens with zero attached hydrogens (tertiary/aromatic N) is 5. The number of imidazole rings is 1. The van der Waals surface area contributed by atoms with Gasteiger partial charge in [-0.15, -0.1) is 0 Å². The van der Waals surface area contributed by atoms with Crippen LogP contribution in [-0.2, 0) is 4.74 Å². The number of anilines is 2. The monoisotopic (exact) mass is 452 g/mol. The van der Waals surface area contributed by atoms with Gasteiger partial charge in [-0.25, -0.2) is 27.9 Å². The normalized spacial score (nSPS) is 17.0. The van der Waals surface area contributed by atoms with Gasteiger partial charge < -0.3 is 14.6 Å². The number of halogens is 4. The van der Waals surface area contributed by atoms with Crippen LogP contribution in [0.25, 0.3) is 5.69 Å². The van der Waals surface area contributed by atoms with Crippen molar-refractivity contribution in [3.8, 4) is 5.69 Å². The van der Waals surface area contributed by atoms with Gasteiger partial charge in [0.1, 0.15) is 36.8 Å². The van der Waals surface area contributed by atoms with Gasteiger partial charge in [0.15, 0.2) is 0 Å². The van der Waals surface area contributed by atoms with Crippen LogP contribution in [0.15, 0.2) is 36.9 Å². The summed E-state index contributed by atoms with van der Waals surface area (Å²) in [5.41, 5.74) is 0.446. The number of ether oxygens (including phenoxy) is 1. The molecule has 2 aromatic heterocycles. The first-order chi connectivity index (χ1) is 14.9. The molecule has 3 aromatic rings. The fourth-order valence-corrected chi connectivity index (χ4v) is 3.23. The van der Waals surface area contributed by atoms with Gasteiger partial charge in [0, 0.05) is 18.5 Å². The van der Waals surface area contributed by atoms with Crippen LogP contribution in [-0.4, -0.2) is 44.9 Å². The van der Waals surface area contributed by atoms with Crippen molar-refractivity contribution in [2.75, 3.05) is 23.5 Å². The standard InChI is InChI=1S/C19H16ClF3N6O2/c1-10(15-7-28(9-25-15)16-5-13(22)12(20)4-14(16)23)26-18-24-3-2-17(27-18)29-11(6-21)8-31-19(29)30/h2-5,7,9-11H,6,8H2,1H3,(H,24,26,27)/t10-,11?/m0/s1. The lowest BCUT2D eigenvalue weighted by Crippen LogP contribution is -2.35.